The molecule has 0 aliphatic carbocycles. The molecule has 2 fully saturated rings. The van der Waals surface area contributed by atoms with Gasteiger partial charge in [0.15, 0.2) is 0 Å². The van der Waals surface area contributed by atoms with Gasteiger partial charge in [-0.05, 0) is 107 Å². The molecule has 0 saturated carbocycles. The first kappa shape index (κ1) is 86.8. The van der Waals surface area contributed by atoms with Crippen LogP contribution < -0.4 is 16.0 Å². The van der Waals surface area contributed by atoms with Crippen LogP contribution in [0.4, 0.5) is 0 Å². The number of nitrogens with one attached hydrogen (secondary N) is 3. The number of carbonyl (C=O) groups excluding carboxylic acids is 11. The number of likely N-dealkylation sites (N-methyl/N-ethyl adjacent to an activating group) is 8. The average molecular weight is 1370 g/mol. The summed E-state index contributed by atoms with van der Waals surface area (Å²) in [5.74, 6) is -9.97. The fraction of sp³-hybridized carbons (Fsp3) is 0.817. The average Bonchev–Trinajstić information content (AvgIpc) is 0.804. The van der Waals surface area contributed by atoms with Crippen LogP contribution in [0.15, 0.2) is 12.2 Å². The van der Waals surface area contributed by atoms with Crippen molar-refractivity contribution in [1.29, 1.82) is 0 Å². The Labute approximate surface area is 581 Å². The van der Waals surface area contributed by atoms with Crippen molar-refractivity contribution in [2.24, 2.45) is 41.4 Å². The molecular weight excluding hydrogens is 1240 g/mol. The molecule has 2 aliphatic rings. The number of ether oxygens (including phenoxy) is 2. The van der Waals surface area contributed by atoms with E-state index in [1.165, 1.54) is 105 Å². The minimum absolute atomic E-state index is 0.00131. The van der Waals surface area contributed by atoms with E-state index in [0.29, 0.717) is 32.6 Å². The SMILES string of the molecule is C/C=C/C[C@@H](C)[C@@H](O)[C@H]1C(=O)N(C)[C@@H](CC)C(=O)N(C)[C@H](COCCCN2CCOCC2)C(=O)N(C)[C@@H](CC(C)C)C(=O)N[C@@H](C(C)C)C(=O)N(C)[C@@H](CC(C)C)C(=O)N[C@@H](C)C(=O)N[C@H](C)C(=O)N(C)[C@@H](CC(C)C)C(=O)N(C)[C@@H](CC(C)C)C(=O)N(C)[C@@H](C(C)C)C(=O)N1C. The minimum atomic E-state index is -1.64. The standard InChI is InChI=1S/C71H128N12O14/c1-26-28-30-48(15)60(84)59-71(95)75(18)51(27-2)65(89)80(23)56(41-97-34-29-31-83-32-35-96-36-33-83)68(92)76(19)53(38-43(5)6)63(87)74-57(46(11)12)69(93)77(20)52(37-42(3)4)62(86)72-49(16)61(85)73-50(17)64(88)78(21)54(39-44(7)8)66(90)79(22)55(40-45(9)10)67(91)81(24)58(47(13)14)70(94)82(59)25/h26,28,42-60,84H,27,29-41H2,1-25H3,(H,72,86)(H,73,85)(H,74,87)/b28-26+/t48-,49+,50-,51+,52+,53+,54+,55+,56-,57+,58+,59+,60-/m1/s1. The van der Waals surface area contributed by atoms with Crippen LogP contribution >= 0.6 is 0 Å². The Bertz CT molecular complexity index is 2630. The number of aliphatic hydroxyl groups excluding tert-OH is 1. The molecule has 2 rings (SSSR count). The normalized spacial score (nSPS) is 27.1. The number of rotatable bonds is 21. The van der Waals surface area contributed by atoms with Crippen molar-refractivity contribution in [2.45, 2.75) is 235 Å². The van der Waals surface area contributed by atoms with E-state index in [0.717, 1.165) is 18.0 Å². The molecule has 556 valence electrons. The van der Waals surface area contributed by atoms with Crippen molar-refractivity contribution in [2.75, 3.05) is 102 Å². The Morgan fingerprint density at radius 2 is 0.866 bits per heavy atom. The number of morpholine rings is 1. The highest BCUT2D eigenvalue weighted by molar-refractivity contribution is 6.00. The Morgan fingerprint density at radius 3 is 1.34 bits per heavy atom. The topological polar surface area (TPSA) is 292 Å². The molecule has 4 N–H and O–H groups in total. The third-order valence-corrected chi connectivity index (χ3v) is 19.0. The highest BCUT2D eigenvalue weighted by Gasteiger charge is 2.48. The number of hydrogen-bond donors (Lipinski definition) is 4. The predicted molar refractivity (Wildman–Crippen MR) is 375 cm³/mol. The van der Waals surface area contributed by atoms with Gasteiger partial charge in [0.1, 0.15) is 66.5 Å². The first-order valence-electron chi connectivity index (χ1n) is 35.3. The maximum atomic E-state index is 15.6. The molecule has 0 bridgehead atoms. The van der Waals surface area contributed by atoms with Gasteiger partial charge in [0.2, 0.25) is 65.0 Å². The van der Waals surface area contributed by atoms with Gasteiger partial charge in [-0.2, -0.15) is 0 Å². The number of carbonyl (C=O) groups is 11. The van der Waals surface area contributed by atoms with Gasteiger partial charge < -0.3 is 69.7 Å². The number of hydrogen-bond acceptors (Lipinski definition) is 15. The van der Waals surface area contributed by atoms with Crippen molar-refractivity contribution in [3.05, 3.63) is 12.2 Å². The summed E-state index contributed by atoms with van der Waals surface area (Å²) in [6.07, 6.45) is 3.49. The molecule has 97 heavy (non-hydrogen) atoms. The molecule has 26 nitrogen and oxygen atoms in total. The first-order valence-corrected chi connectivity index (χ1v) is 35.3. The predicted octanol–water partition coefficient (Wildman–Crippen LogP) is 3.72. The molecule has 2 heterocycles. The summed E-state index contributed by atoms with van der Waals surface area (Å²) in [7, 11) is 11.4. The number of amides is 11. The fourth-order valence-corrected chi connectivity index (χ4v) is 12.7. The number of allylic oxidation sites excluding steroid dienone is 2. The maximum absolute atomic E-state index is 15.6. The van der Waals surface area contributed by atoms with E-state index in [-0.39, 0.29) is 69.0 Å². The van der Waals surface area contributed by atoms with Gasteiger partial charge >= 0.3 is 0 Å². The summed E-state index contributed by atoms with van der Waals surface area (Å²) in [5.41, 5.74) is 0. The van der Waals surface area contributed by atoms with Crippen molar-refractivity contribution in [3.8, 4) is 0 Å². The lowest BCUT2D eigenvalue weighted by Crippen LogP contribution is -2.64. The molecule has 0 unspecified atom stereocenters. The largest absolute Gasteiger partial charge is 0.390 e. The summed E-state index contributed by atoms with van der Waals surface area (Å²) in [5, 5.41) is 20.8. The second-order valence-corrected chi connectivity index (χ2v) is 29.6. The molecule has 11 amide bonds. The van der Waals surface area contributed by atoms with E-state index in [4.69, 9.17) is 9.47 Å². The lowest BCUT2D eigenvalue weighted by atomic mass is 9.91. The van der Waals surface area contributed by atoms with E-state index in [9.17, 15) is 24.3 Å². The van der Waals surface area contributed by atoms with E-state index >= 15 is 33.6 Å². The summed E-state index contributed by atoms with van der Waals surface area (Å²) in [6, 6.07) is -14.0. The Balaban J connectivity index is 3.13. The van der Waals surface area contributed by atoms with Gasteiger partial charge in [-0.25, -0.2) is 0 Å². The van der Waals surface area contributed by atoms with Crippen molar-refractivity contribution in [1.82, 2.24) is 60.0 Å². The first-order chi connectivity index (χ1) is 45.1. The zero-order chi connectivity index (χ0) is 74.4. The quantitative estimate of drug-likeness (QED) is 0.0941. The highest BCUT2D eigenvalue weighted by Crippen LogP contribution is 2.27. The molecular formula is C71H128N12O14. The number of aliphatic hydroxyl groups is 1. The summed E-state index contributed by atoms with van der Waals surface area (Å²) < 4.78 is 11.8. The van der Waals surface area contributed by atoms with Gasteiger partial charge in [0.05, 0.1) is 25.9 Å². The van der Waals surface area contributed by atoms with Crippen LogP contribution in [0, 0.1) is 41.4 Å². The molecule has 13 atom stereocenters. The van der Waals surface area contributed by atoms with E-state index in [2.05, 4.69) is 20.9 Å². The van der Waals surface area contributed by atoms with Crippen LogP contribution in [0.3, 0.4) is 0 Å². The monoisotopic (exact) mass is 1370 g/mol. The van der Waals surface area contributed by atoms with Crippen molar-refractivity contribution >= 4 is 65.0 Å². The zero-order valence-electron chi connectivity index (χ0n) is 63.8. The lowest BCUT2D eigenvalue weighted by Gasteiger charge is -2.43. The summed E-state index contributed by atoms with van der Waals surface area (Å²) in [6.45, 7) is 33.3. The molecule has 2 saturated heterocycles. The Kier molecular flexibility index (Phi) is 36.5. The van der Waals surface area contributed by atoms with E-state index in [1.807, 2.05) is 68.4 Å². The Hall–Kier alpha value is -6.25. The van der Waals surface area contributed by atoms with Crippen LogP contribution in [0.1, 0.15) is 163 Å². The van der Waals surface area contributed by atoms with Crippen LogP contribution in [0.5, 0.6) is 0 Å². The van der Waals surface area contributed by atoms with E-state index in [1.54, 1.807) is 47.6 Å². The lowest BCUT2D eigenvalue weighted by molar-refractivity contribution is -0.161. The molecule has 2 aliphatic heterocycles. The van der Waals surface area contributed by atoms with Gasteiger partial charge in [-0.1, -0.05) is 109 Å². The molecule has 0 radical (unpaired) electrons. The molecule has 0 spiro atoms. The van der Waals surface area contributed by atoms with Gasteiger partial charge in [-0.15, -0.1) is 0 Å². The summed E-state index contributed by atoms with van der Waals surface area (Å²) in [4.78, 5) is 177. The minimum Gasteiger partial charge on any atom is -0.390 e. The zero-order valence-corrected chi connectivity index (χ0v) is 63.8. The Morgan fingerprint density at radius 1 is 0.474 bits per heavy atom. The van der Waals surface area contributed by atoms with E-state index < -0.39 is 155 Å². The number of nitrogens with zero attached hydrogens (tertiary/aromatic N) is 9. The van der Waals surface area contributed by atoms with Gasteiger partial charge in [-0.3, -0.25) is 57.6 Å². The fourth-order valence-electron chi connectivity index (χ4n) is 12.7. The van der Waals surface area contributed by atoms with Gasteiger partial charge in [0, 0.05) is 82.6 Å². The van der Waals surface area contributed by atoms with Crippen LogP contribution in [-0.4, -0.2) is 289 Å². The highest BCUT2D eigenvalue weighted by atomic mass is 16.5. The van der Waals surface area contributed by atoms with Gasteiger partial charge in [0.25, 0.3) is 0 Å². The van der Waals surface area contributed by atoms with Crippen molar-refractivity contribution in [3.63, 3.8) is 0 Å². The second kappa shape index (κ2) is 40.7. The summed E-state index contributed by atoms with van der Waals surface area (Å²) >= 11 is 0. The van der Waals surface area contributed by atoms with Crippen LogP contribution in [0.2, 0.25) is 0 Å². The van der Waals surface area contributed by atoms with Crippen molar-refractivity contribution < 1.29 is 67.3 Å². The molecule has 0 aromatic rings. The molecule has 26 heteroatoms. The third kappa shape index (κ3) is 24.6. The second-order valence-electron chi connectivity index (χ2n) is 29.6. The smallest absolute Gasteiger partial charge is 0.248 e. The molecule has 0 aromatic heterocycles. The third-order valence-electron chi connectivity index (χ3n) is 19.0. The van der Waals surface area contributed by atoms with Crippen LogP contribution in [-0.2, 0) is 62.2 Å². The van der Waals surface area contributed by atoms with Crippen LogP contribution in [0.25, 0.3) is 0 Å². The maximum Gasteiger partial charge on any atom is 0.248 e. The molecule has 0 aromatic carbocycles.